The molecule has 3 atom stereocenters. The van der Waals surface area contributed by atoms with E-state index < -0.39 is 0 Å². The van der Waals surface area contributed by atoms with Gasteiger partial charge in [0.15, 0.2) is 5.78 Å². The van der Waals surface area contributed by atoms with Crippen LogP contribution in [-0.4, -0.2) is 29.8 Å². The summed E-state index contributed by atoms with van der Waals surface area (Å²) in [6.45, 7) is 1.57. The number of rotatable bonds is 3. The summed E-state index contributed by atoms with van der Waals surface area (Å²) in [5, 5.41) is 7.71. The molecule has 0 aliphatic carbocycles. The van der Waals surface area contributed by atoms with Crippen molar-refractivity contribution in [2.24, 2.45) is 0 Å². The summed E-state index contributed by atoms with van der Waals surface area (Å²) in [4.78, 5) is 24.7. The van der Waals surface area contributed by atoms with E-state index in [1.54, 1.807) is 6.92 Å². The van der Waals surface area contributed by atoms with Gasteiger partial charge in [-0.2, -0.15) is 0 Å². The minimum absolute atomic E-state index is 0.0148. The Bertz CT molecular complexity index is 767. The van der Waals surface area contributed by atoms with Crippen molar-refractivity contribution < 1.29 is 9.59 Å². The molecule has 0 unspecified atom stereocenters. The zero-order valence-corrected chi connectivity index (χ0v) is 13.2. The second-order valence-corrected chi connectivity index (χ2v) is 7.37. The summed E-state index contributed by atoms with van der Waals surface area (Å²) in [6, 6.07) is 8.81. The van der Waals surface area contributed by atoms with Crippen molar-refractivity contribution in [3.8, 4) is 0 Å². The van der Waals surface area contributed by atoms with E-state index in [1.165, 1.54) is 17.8 Å². The summed E-state index contributed by atoms with van der Waals surface area (Å²) in [5.41, 5.74) is 0.673. The van der Waals surface area contributed by atoms with Crippen molar-refractivity contribution in [1.82, 2.24) is 10.6 Å². The van der Waals surface area contributed by atoms with E-state index in [-0.39, 0.29) is 17.7 Å². The normalized spacial score (nSPS) is 26.5. The molecule has 2 N–H and O–H groups in total. The number of ketones is 1. The first-order chi connectivity index (χ1) is 10.6. The number of amides is 1. The summed E-state index contributed by atoms with van der Waals surface area (Å²) >= 11 is 1.45. The highest BCUT2D eigenvalue weighted by Crippen LogP contribution is 2.29. The molecular formula is C17H18N2O2S. The number of hydrogen-bond donors (Lipinski definition) is 2. The van der Waals surface area contributed by atoms with E-state index in [2.05, 4.69) is 10.6 Å². The second-order valence-electron chi connectivity index (χ2n) is 6.28. The average molecular weight is 314 g/mol. The third-order valence-electron chi connectivity index (χ3n) is 4.75. The SMILES string of the molecule is CC(=O)c1cc2ccc(C(=O)N[C@@H]3C[C@H]4CC[C@@H]3N4)cc2s1. The Labute approximate surface area is 132 Å². The number of Topliss-reactive ketones (excluding diaryl/α,β-unsaturated/α-hetero) is 1. The largest absolute Gasteiger partial charge is 0.348 e. The maximum atomic E-state index is 12.5. The number of benzene rings is 1. The Morgan fingerprint density at radius 2 is 2.14 bits per heavy atom. The van der Waals surface area contributed by atoms with Crippen molar-refractivity contribution in [1.29, 1.82) is 0 Å². The minimum atomic E-state index is -0.0148. The van der Waals surface area contributed by atoms with Gasteiger partial charge in [0, 0.05) is 28.4 Å². The molecular weight excluding hydrogens is 296 g/mol. The molecule has 2 aromatic rings. The van der Waals surface area contributed by atoms with E-state index in [4.69, 9.17) is 0 Å². The third-order valence-corrected chi connectivity index (χ3v) is 5.94. The number of hydrogen-bond acceptors (Lipinski definition) is 4. The summed E-state index contributed by atoms with van der Waals surface area (Å²) in [6.07, 6.45) is 3.42. The van der Waals surface area contributed by atoms with Crippen LogP contribution in [0.4, 0.5) is 0 Å². The summed E-state index contributed by atoms with van der Waals surface area (Å²) < 4.78 is 0.990. The van der Waals surface area contributed by atoms with Crippen molar-refractivity contribution >= 4 is 33.1 Å². The minimum Gasteiger partial charge on any atom is -0.348 e. The zero-order chi connectivity index (χ0) is 15.3. The third kappa shape index (κ3) is 2.34. The molecule has 3 heterocycles. The van der Waals surface area contributed by atoms with Gasteiger partial charge in [0.1, 0.15) is 0 Å². The van der Waals surface area contributed by atoms with Crippen LogP contribution < -0.4 is 10.6 Å². The lowest BCUT2D eigenvalue weighted by atomic mass is 9.95. The highest BCUT2D eigenvalue weighted by molar-refractivity contribution is 7.20. The number of thiophene rings is 1. The van der Waals surface area contributed by atoms with Gasteiger partial charge in [0.05, 0.1) is 4.88 Å². The number of carbonyl (C=O) groups is 2. The summed E-state index contributed by atoms with van der Waals surface area (Å²) in [5.74, 6) is 0.0549. The Balaban J connectivity index is 1.55. The van der Waals surface area contributed by atoms with Crippen LogP contribution in [0.2, 0.25) is 0 Å². The topological polar surface area (TPSA) is 58.2 Å². The highest BCUT2D eigenvalue weighted by Gasteiger charge is 2.39. The molecule has 2 fully saturated rings. The molecule has 0 radical (unpaired) electrons. The van der Waals surface area contributed by atoms with Crippen LogP contribution in [0.5, 0.6) is 0 Å². The van der Waals surface area contributed by atoms with Crippen molar-refractivity contribution in [3.05, 3.63) is 34.7 Å². The van der Waals surface area contributed by atoms with Crippen molar-refractivity contribution in [3.63, 3.8) is 0 Å². The van der Waals surface area contributed by atoms with Crippen LogP contribution in [0.3, 0.4) is 0 Å². The first kappa shape index (κ1) is 13.9. The van der Waals surface area contributed by atoms with Crippen molar-refractivity contribution in [2.45, 2.75) is 44.3 Å². The lowest BCUT2D eigenvalue weighted by Crippen LogP contribution is -2.42. The molecule has 2 bridgehead atoms. The van der Waals surface area contributed by atoms with Gasteiger partial charge in [0.2, 0.25) is 0 Å². The molecule has 2 aliphatic rings. The Morgan fingerprint density at radius 3 is 2.82 bits per heavy atom. The molecule has 22 heavy (non-hydrogen) atoms. The van der Waals surface area contributed by atoms with Gasteiger partial charge >= 0.3 is 0 Å². The van der Waals surface area contributed by atoms with Crippen LogP contribution in [0.15, 0.2) is 24.3 Å². The number of nitrogens with one attached hydrogen (secondary N) is 2. The smallest absolute Gasteiger partial charge is 0.251 e. The van der Waals surface area contributed by atoms with Crippen molar-refractivity contribution in [2.75, 3.05) is 0 Å². The number of carbonyl (C=O) groups excluding carboxylic acids is 2. The Hall–Kier alpha value is -1.72. The highest BCUT2D eigenvalue weighted by atomic mass is 32.1. The van der Waals surface area contributed by atoms with Crippen LogP contribution in [0.1, 0.15) is 46.2 Å². The predicted molar refractivity (Wildman–Crippen MR) is 87.6 cm³/mol. The second kappa shape index (κ2) is 5.18. The van der Waals surface area contributed by atoms with E-state index in [9.17, 15) is 9.59 Å². The van der Waals surface area contributed by atoms with E-state index in [1.807, 2.05) is 24.3 Å². The van der Waals surface area contributed by atoms with Crippen LogP contribution >= 0.6 is 11.3 Å². The monoisotopic (exact) mass is 314 g/mol. The van der Waals surface area contributed by atoms with Gasteiger partial charge in [0.25, 0.3) is 5.91 Å². The maximum absolute atomic E-state index is 12.5. The fourth-order valence-electron chi connectivity index (χ4n) is 3.58. The van der Waals surface area contributed by atoms with Gasteiger partial charge in [-0.15, -0.1) is 11.3 Å². The molecule has 4 nitrogen and oxygen atoms in total. The molecule has 114 valence electrons. The van der Waals surface area contributed by atoms with Crippen LogP contribution in [0, 0.1) is 0 Å². The maximum Gasteiger partial charge on any atom is 0.251 e. The van der Waals surface area contributed by atoms with Gasteiger partial charge in [-0.1, -0.05) is 6.07 Å². The molecule has 4 rings (SSSR count). The fourth-order valence-corrected chi connectivity index (χ4v) is 4.58. The number of fused-ring (bicyclic) bond motifs is 3. The quantitative estimate of drug-likeness (QED) is 0.857. The van der Waals surface area contributed by atoms with Gasteiger partial charge in [-0.25, -0.2) is 0 Å². The first-order valence-electron chi connectivity index (χ1n) is 7.71. The molecule has 1 aromatic heterocycles. The van der Waals surface area contributed by atoms with E-state index in [0.717, 1.165) is 27.8 Å². The average Bonchev–Trinajstić information content (AvgIpc) is 3.20. The Kier molecular flexibility index (Phi) is 3.27. The molecule has 2 aliphatic heterocycles. The zero-order valence-electron chi connectivity index (χ0n) is 12.4. The van der Waals surface area contributed by atoms with Gasteiger partial charge < -0.3 is 10.6 Å². The standard InChI is InChI=1S/C17H18N2O2S/c1-9(20)15-6-10-2-3-11(7-16(10)22-15)17(21)19-14-8-12-4-5-13(14)18-12/h2-3,6-7,12-14,18H,4-5,8H2,1H3,(H,19,21)/t12-,13+,14-/m1/s1. The Morgan fingerprint density at radius 1 is 1.27 bits per heavy atom. The van der Waals surface area contributed by atoms with Crippen LogP contribution in [0.25, 0.3) is 10.1 Å². The van der Waals surface area contributed by atoms with E-state index in [0.29, 0.717) is 17.6 Å². The molecule has 5 heteroatoms. The molecule has 1 aromatic carbocycles. The first-order valence-corrected chi connectivity index (χ1v) is 8.53. The van der Waals surface area contributed by atoms with Gasteiger partial charge in [-0.3, -0.25) is 9.59 Å². The molecule has 1 amide bonds. The van der Waals surface area contributed by atoms with E-state index >= 15 is 0 Å². The molecule has 2 saturated heterocycles. The van der Waals surface area contributed by atoms with Gasteiger partial charge in [-0.05, 0) is 49.8 Å². The lowest BCUT2D eigenvalue weighted by Gasteiger charge is -2.21. The lowest BCUT2D eigenvalue weighted by molar-refractivity contribution is 0.0930. The fraction of sp³-hybridized carbons (Fsp3) is 0.412. The molecule has 0 spiro atoms. The molecule has 0 saturated carbocycles. The summed E-state index contributed by atoms with van der Waals surface area (Å²) in [7, 11) is 0. The van der Waals surface area contributed by atoms with Crippen LogP contribution in [-0.2, 0) is 0 Å². The predicted octanol–water partition coefficient (Wildman–Crippen LogP) is 2.73.